The maximum atomic E-state index is 12.4. The Labute approximate surface area is 147 Å². The van der Waals surface area contributed by atoms with Gasteiger partial charge in [-0.3, -0.25) is 4.79 Å². The van der Waals surface area contributed by atoms with Gasteiger partial charge < -0.3 is 5.32 Å². The van der Waals surface area contributed by atoms with Crippen LogP contribution in [0.4, 0.5) is 5.69 Å². The molecule has 0 saturated carbocycles. The number of nitrogens with zero attached hydrogens (tertiary/aromatic N) is 1. The third-order valence-corrected chi connectivity index (χ3v) is 6.37. The first kappa shape index (κ1) is 19.1. The predicted molar refractivity (Wildman–Crippen MR) is 94.8 cm³/mol. The number of hydrogen-bond donors (Lipinski definition) is 1. The molecule has 0 atom stereocenters. The lowest BCUT2D eigenvalue weighted by Crippen LogP contribution is -2.22. The van der Waals surface area contributed by atoms with Gasteiger partial charge in [0, 0.05) is 26.0 Å². The Hall–Kier alpha value is -2.23. The summed E-state index contributed by atoms with van der Waals surface area (Å²) >= 11 is 0. The summed E-state index contributed by atoms with van der Waals surface area (Å²) in [5.74, 6) is -0.638. The molecule has 0 fully saturated rings. The molecule has 0 bridgehead atoms. The summed E-state index contributed by atoms with van der Waals surface area (Å²) in [7, 11) is -4.41. The van der Waals surface area contributed by atoms with Gasteiger partial charge in [0.2, 0.25) is 10.0 Å². The number of sulfone groups is 1. The first-order valence-corrected chi connectivity index (χ1v) is 10.5. The van der Waals surface area contributed by atoms with Gasteiger partial charge in [-0.2, -0.15) is 0 Å². The molecule has 0 aliphatic heterocycles. The van der Waals surface area contributed by atoms with Crippen molar-refractivity contribution in [3.05, 3.63) is 54.1 Å². The number of amides is 1. The summed E-state index contributed by atoms with van der Waals surface area (Å²) in [6.07, 6.45) is 1.02. The van der Waals surface area contributed by atoms with Gasteiger partial charge in [-0.15, -0.1) is 0 Å². The molecule has 25 heavy (non-hydrogen) atoms. The van der Waals surface area contributed by atoms with Crippen LogP contribution in [0, 0.1) is 0 Å². The zero-order valence-corrected chi connectivity index (χ0v) is 15.6. The Balaban J connectivity index is 2.38. The fourth-order valence-corrected chi connectivity index (χ4v) is 3.96. The van der Waals surface area contributed by atoms with Crippen molar-refractivity contribution in [1.82, 2.24) is 4.31 Å². The quantitative estimate of drug-likeness (QED) is 0.846. The van der Waals surface area contributed by atoms with Gasteiger partial charge in [0.15, 0.2) is 9.84 Å². The molecule has 134 valence electrons. The molecule has 0 aliphatic rings. The van der Waals surface area contributed by atoms with Crippen molar-refractivity contribution in [3.8, 4) is 0 Å². The normalized spacial score (nSPS) is 12.2. The summed E-state index contributed by atoms with van der Waals surface area (Å²) in [6.45, 7) is 0. The molecule has 0 aliphatic carbocycles. The highest BCUT2D eigenvalue weighted by Gasteiger charge is 2.20. The van der Waals surface area contributed by atoms with E-state index in [1.54, 1.807) is 6.07 Å². The van der Waals surface area contributed by atoms with Crippen LogP contribution in [0.1, 0.15) is 10.4 Å². The molecule has 0 saturated heterocycles. The van der Waals surface area contributed by atoms with Crippen molar-refractivity contribution in [1.29, 1.82) is 0 Å². The zero-order valence-electron chi connectivity index (χ0n) is 13.9. The Bertz CT molecular complexity index is 1010. The van der Waals surface area contributed by atoms with Crippen LogP contribution in [0.5, 0.6) is 0 Å². The minimum absolute atomic E-state index is 0.00845. The van der Waals surface area contributed by atoms with E-state index in [4.69, 9.17) is 0 Å². The van der Waals surface area contributed by atoms with Gasteiger partial charge in [-0.1, -0.05) is 18.2 Å². The number of hydrogen-bond acceptors (Lipinski definition) is 5. The number of sulfonamides is 1. The highest BCUT2D eigenvalue weighted by atomic mass is 32.2. The molecule has 2 aromatic rings. The molecule has 0 spiro atoms. The van der Waals surface area contributed by atoms with E-state index in [-0.39, 0.29) is 21.0 Å². The first-order valence-electron chi connectivity index (χ1n) is 7.16. The van der Waals surface area contributed by atoms with E-state index in [1.165, 1.54) is 56.6 Å². The van der Waals surface area contributed by atoms with Crippen LogP contribution in [0.25, 0.3) is 0 Å². The molecule has 2 rings (SSSR count). The van der Waals surface area contributed by atoms with Crippen LogP contribution in [0.3, 0.4) is 0 Å². The van der Waals surface area contributed by atoms with E-state index >= 15 is 0 Å². The maximum absolute atomic E-state index is 12.4. The highest BCUT2D eigenvalue weighted by molar-refractivity contribution is 7.90. The van der Waals surface area contributed by atoms with Gasteiger partial charge in [0.25, 0.3) is 5.91 Å². The van der Waals surface area contributed by atoms with Gasteiger partial charge in [0.1, 0.15) is 0 Å². The molecule has 1 amide bonds. The van der Waals surface area contributed by atoms with E-state index in [9.17, 15) is 21.6 Å². The smallest absolute Gasteiger partial charge is 0.256 e. The Kier molecular flexibility index (Phi) is 5.31. The standard InChI is InChI=1S/C16H18N2O5S2/c1-18(2)25(22,23)13-8-6-7-12(11-13)17-16(19)14-9-4-5-10-15(14)24(3,20)21/h4-11H,1-3H3,(H,17,19). The Morgan fingerprint density at radius 2 is 1.60 bits per heavy atom. The monoisotopic (exact) mass is 382 g/mol. The molecule has 7 nitrogen and oxygen atoms in total. The zero-order chi connectivity index (χ0) is 18.8. The number of nitrogens with one attached hydrogen (secondary N) is 1. The third kappa shape index (κ3) is 4.25. The SMILES string of the molecule is CN(C)S(=O)(=O)c1cccc(NC(=O)c2ccccc2S(C)(=O)=O)c1. The van der Waals surface area contributed by atoms with Crippen LogP contribution in [-0.2, 0) is 19.9 Å². The summed E-state index contributed by atoms with van der Waals surface area (Å²) in [5.41, 5.74) is 0.238. The summed E-state index contributed by atoms with van der Waals surface area (Å²) in [4.78, 5) is 12.4. The van der Waals surface area contributed by atoms with Gasteiger partial charge >= 0.3 is 0 Å². The fraction of sp³-hybridized carbons (Fsp3) is 0.188. The number of rotatable bonds is 5. The van der Waals surface area contributed by atoms with E-state index in [0.717, 1.165) is 10.6 Å². The molecular formula is C16H18N2O5S2. The van der Waals surface area contributed by atoms with Gasteiger partial charge in [-0.25, -0.2) is 21.1 Å². The lowest BCUT2D eigenvalue weighted by molar-refractivity contribution is 0.102. The van der Waals surface area contributed by atoms with Crippen LogP contribution >= 0.6 is 0 Å². The summed E-state index contributed by atoms with van der Waals surface area (Å²) in [5, 5.41) is 2.54. The Morgan fingerprint density at radius 3 is 2.20 bits per heavy atom. The predicted octanol–water partition coefficient (Wildman–Crippen LogP) is 1.59. The number of benzene rings is 2. The maximum Gasteiger partial charge on any atom is 0.256 e. The highest BCUT2D eigenvalue weighted by Crippen LogP contribution is 2.20. The van der Waals surface area contributed by atoms with Crippen LogP contribution in [0.2, 0.25) is 0 Å². The lowest BCUT2D eigenvalue weighted by atomic mass is 10.2. The minimum atomic E-state index is -3.65. The van der Waals surface area contributed by atoms with Crippen molar-refractivity contribution in [2.24, 2.45) is 0 Å². The summed E-state index contributed by atoms with van der Waals surface area (Å²) < 4.78 is 49.0. The van der Waals surface area contributed by atoms with Crippen molar-refractivity contribution in [2.75, 3.05) is 25.7 Å². The molecule has 0 heterocycles. The van der Waals surface area contributed by atoms with Crippen molar-refractivity contribution in [3.63, 3.8) is 0 Å². The van der Waals surface area contributed by atoms with Gasteiger partial charge in [0.05, 0.1) is 15.4 Å². The molecular weight excluding hydrogens is 364 g/mol. The fourth-order valence-electron chi connectivity index (χ4n) is 2.12. The Morgan fingerprint density at radius 1 is 0.960 bits per heavy atom. The number of anilines is 1. The number of carbonyl (C=O) groups excluding carboxylic acids is 1. The molecule has 0 radical (unpaired) electrons. The average Bonchev–Trinajstić information content (AvgIpc) is 2.54. The first-order chi connectivity index (χ1) is 11.5. The molecule has 1 N–H and O–H groups in total. The van der Waals surface area contributed by atoms with Crippen LogP contribution in [-0.4, -0.2) is 47.4 Å². The minimum Gasteiger partial charge on any atom is -0.322 e. The molecule has 9 heteroatoms. The second-order valence-electron chi connectivity index (χ2n) is 5.54. The molecule has 0 aromatic heterocycles. The molecule has 2 aromatic carbocycles. The average molecular weight is 382 g/mol. The summed E-state index contributed by atoms with van der Waals surface area (Å²) in [6, 6.07) is 11.6. The molecule has 0 unspecified atom stereocenters. The van der Waals surface area contributed by atoms with E-state index < -0.39 is 25.8 Å². The lowest BCUT2D eigenvalue weighted by Gasteiger charge is -2.13. The topological polar surface area (TPSA) is 101 Å². The van der Waals surface area contributed by atoms with Crippen molar-refractivity contribution < 1.29 is 21.6 Å². The number of carbonyl (C=O) groups is 1. The van der Waals surface area contributed by atoms with Crippen LogP contribution < -0.4 is 5.32 Å². The van der Waals surface area contributed by atoms with Crippen molar-refractivity contribution in [2.45, 2.75) is 9.79 Å². The van der Waals surface area contributed by atoms with Crippen molar-refractivity contribution >= 4 is 31.5 Å². The van der Waals surface area contributed by atoms with Gasteiger partial charge in [-0.05, 0) is 30.3 Å². The van der Waals surface area contributed by atoms with Crippen LogP contribution in [0.15, 0.2) is 58.3 Å². The third-order valence-electron chi connectivity index (χ3n) is 3.40. The van der Waals surface area contributed by atoms with E-state index in [2.05, 4.69) is 5.32 Å². The van der Waals surface area contributed by atoms with E-state index in [0.29, 0.717) is 0 Å². The largest absolute Gasteiger partial charge is 0.322 e. The second-order valence-corrected chi connectivity index (χ2v) is 9.67. The van der Waals surface area contributed by atoms with E-state index in [1.807, 2.05) is 0 Å². The second kappa shape index (κ2) is 6.95.